The van der Waals surface area contributed by atoms with Gasteiger partial charge in [-0.1, -0.05) is 55.0 Å². The van der Waals surface area contributed by atoms with Crippen LogP contribution in [0.2, 0.25) is 5.02 Å². The minimum absolute atomic E-state index is 0.00109. The van der Waals surface area contributed by atoms with Crippen LogP contribution in [0.25, 0.3) is 6.08 Å². The van der Waals surface area contributed by atoms with Crippen LogP contribution < -0.4 is 0 Å². The van der Waals surface area contributed by atoms with Gasteiger partial charge in [0, 0.05) is 12.0 Å². The van der Waals surface area contributed by atoms with Crippen molar-refractivity contribution in [3.8, 4) is 5.75 Å². The average Bonchev–Trinajstić information content (AvgIpc) is 3.38. The molecule has 0 bridgehead atoms. The third kappa shape index (κ3) is 4.58. The highest BCUT2D eigenvalue weighted by atomic mass is 35.5. The molecule has 2 aliphatic heterocycles. The van der Waals surface area contributed by atoms with Gasteiger partial charge in [0.15, 0.2) is 0 Å². The number of carbonyl (C=O) groups excluding carboxylic acids is 2. The van der Waals surface area contributed by atoms with Crippen molar-refractivity contribution >= 4 is 29.5 Å². The number of carbonyl (C=O) groups is 2. The number of hydrogen-bond acceptors (Lipinski definition) is 4. The molecule has 2 heterocycles. The van der Waals surface area contributed by atoms with E-state index in [2.05, 4.69) is 19.9 Å². The minimum Gasteiger partial charge on any atom is -0.508 e. The largest absolute Gasteiger partial charge is 0.508 e. The Bertz CT molecular complexity index is 1070. The Hall–Kier alpha value is -2.11. The van der Waals surface area contributed by atoms with Gasteiger partial charge < -0.3 is 9.84 Å². The van der Waals surface area contributed by atoms with Crippen molar-refractivity contribution < 1.29 is 19.4 Å². The lowest BCUT2D eigenvalue weighted by molar-refractivity contribution is -0.143. The van der Waals surface area contributed by atoms with Crippen LogP contribution in [0, 0.1) is 17.8 Å². The lowest BCUT2D eigenvalue weighted by Crippen LogP contribution is -2.42. The summed E-state index contributed by atoms with van der Waals surface area (Å²) in [6.07, 6.45) is 10.7. The summed E-state index contributed by atoms with van der Waals surface area (Å²) in [4.78, 5) is 28.7. The van der Waals surface area contributed by atoms with E-state index in [0.717, 1.165) is 50.5 Å². The van der Waals surface area contributed by atoms with Gasteiger partial charge in [0.25, 0.3) is 0 Å². The quantitative estimate of drug-likeness (QED) is 0.370. The molecule has 1 N–H and O–H groups in total. The summed E-state index contributed by atoms with van der Waals surface area (Å²) in [5.41, 5.74) is 4.70. The van der Waals surface area contributed by atoms with E-state index < -0.39 is 0 Å². The summed E-state index contributed by atoms with van der Waals surface area (Å²) in [7, 11) is 0. The number of phenols is 1. The number of benzene rings is 1. The van der Waals surface area contributed by atoms with Crippen molar-refractivity contribution in [3.05, 3.63) is 45.5 Å². The third-order valence-corrected chi connectivity index (χ3v) is 8.92. The number of aromatic hydroxyl groups is 1. The molecule has 4 aliphatic rings. The monoisotopic (exact) mass is 497 g/mol. The molecular formula is C29H36ClNO4. The maximum absolute atomic E-state index is 13.6. The highest BCUT2D eigenvalue weighted by molar-refractivity contribution is 6.32. The van der Waals surface area contributed by atoms with E-state index in [1.807, 2.05) is 6.07 Å². The normalized spacial score (nSPS) is 29.7. The molecule has 0 radical (unpaired) electrons. The topological polar surface area (TPSA) is 66.8 Å². The van der Waals surface area contributed by atoms with Crippen molar-refractivity contribution in [1.29, 1.82) is 0 Å². The number of phenolic OH excluding ortho intramolecular Hbond substituents is 1. The molecule has 2 saturated heterocycles. The summed E-state index contributed by atoms with van der Waals surface area (Å²) < 4.78 is 6.32. The predicted molar refractivity (Wildman–Crippen MR) is 137 cm³/mol. The van der Waals surface area contributed by atoms with Crippen molar-refractivity contribution in [1.82, 2.24) is 4.90 Å². The lowest BCUT2D eigenvalue weighted by atomic mass is 9.69. The van der Waals surface area contributed by atoms with E-state index in [1.165, 1.54) is 23.1 Å². The number of likely N-dealkylation sites (tertiary alicyclic amines) is 1. The van der Waals surface area contributed by atoms with Crippen molar-refractivity contribution in [3.63, 3.8) is 0 Å². The Balaban J connectivity index is 1.32. The fraction of sp³-hybridized carbons (Fsp3) is 0.586. The first-order valence-electron chi connectivity index (χ1n) is 13.2. The molecule has 0 spiro atoms. The molecule has 6 heteroatoms. The molecule has 4 atom stereocenters. The van der Waals surface area contributed by atoms with Crippen LogP contribution in [0.5, 0.6) is 5.75 Å². The Kier molecular flexibility index (Phi) is 7.09. The molecule has 3 fully saturated rings. The summed E-state index contributed by atoms with van der Waals surface area (Å²) >= 11 is 6.27. The Morgan fingerprint density at radius 2 is 1.94 bits per heavy atom. The Morgan fingerprint density at radius 1 is 1.17 bits per heavy atom. The molecule has 1 aromatic carbocycles. The maximum Gasteiger partial charge on any atom is 0.234 e. The van der Waals surface area contributed by atoms with E-state index in [4.69, 9.17) is 16.3 Å². The van der Waals surface area contributed by atoms with E-state index >= 15 is 0 Å². The standard InChI is InChI=1S/C29H36ClNO4/c1-3-18-14-22-27(29(34)31(28(22)33)20-7-5-4-6-8-20)23-16-35-25(26(18)23)12-9-17(2)13-19-10-11-21(32)15-24(19)30/h10-11,13,15,20,22-23,25,27,32H,3-9,12,14,16H2,1-2H3/b17-13+/t22-,23+,25-,27-/m1/s1. The van der Waals surface area contributed by atoms with Gasteiger partial charge in [0.1, 0.15) is 5.75 Å². The van der Waals surface area contributed by atoms with Crippen LogP contribution in [-0.2, 0) is 14.3 Å². The molecule has 1 saturated carbocycles. The zero-order valence-corrected chi connectivity index (χ0v) is 21.5. The molecule has 5 nitrogen and oxygen atoms in total. The summed E-state index contributed by atoms with van der Waals surface area (Å²) in [6, 6.07) is 5.12. The highest BCUT2D eigenvalue weighted by Gasteiger charge is 2.57. The van der Waals surface area contributed by atoms with Crippen LogP contribution in [-0.4, -0.2) is 40.6 Å². The van der Waals surface area contributed by atoms with Gasteiger partial charge in [-0.15, -0.1) is 0 Å². The molecule has 5 rings (SSSR count). The smallest absolute Gasteiger partial charge is 0.234 e. The fourth-order valence-electron chi connectivity index (χ4n) is 6.86. The molecule has 0 unspecified atom stereocenters. The highest BCUT2D eigenvalue weighted by Crippen LogP contribution is 2.51. The maximum atomic E-state index is 13.6. The number of rotatable bonds is 6. The summed E-state index contributed by atoms with van der Waals surface area (Å²) in [5, 5.41) is 10.1. The van der Waals surface area contributed by atoms with Gasteiger partial charge >= 0.3 is 0 Å². The molecular weight excluding hydrogens is 462 g/mol. The number of halogens is 1. The van der Waals surface area contributed by atoms with E-state index in [-0.39, 0.29) is 47.5 Å². The van der Waals surface area contributed by atoms with Gasteiger partial charge in [0.2, 0.25) is 11.8 Å². The predicted octanol–water partition coefficient (Wildman–Crippen LogP) is 6.29. The zero-order chi connectivity index (χ0) is 24.7. The van der Waals surface area contributed by atoms with Crippen LogP contribution in [0.1, 0.15) is 77.2 Å². The fourth-order valence-corrected chi connectivity index (χ4v) is 7.09. The molecule has 2 amide bonds. The van der Waals surface area contributed by atoms with E-state index in [9.17, 15) is 14.7 Å². The first-order valence-corrected chi connectivity index (χ1v) is 13.6. The van der Waals surface area contributed by atoms with Crippen molar-refractivity contribution in [2.45, 2.75) is 83.8 Å². The number of amides is 2. The van der Waals surface area contributed by atoms with Gasteiger partial charge in [0.05, 0.1) is 29.6 Å². The van der Waals surface area contributed by atoms with Crippen LogP contribution in [0.15, 0.2) is 34.9 Å². The second-order valence-electron chi connectivity index (χ2n) is 10.8. The van der Waals surface area contributed by atoms with Crippen LogP contribution >= 0.6 is 11.6 Å². The second kappa shape index (κ2) is 10.1. The van der Waals surface area contributed by atoms with Gasteiger partial charge in [-0.25, -0.2) is 0 Å². The Morgan fingerprint density at radius 3 is 2.66 bits per heavy atom. The lowest BCUT2D eigenvalue weighted by Gasteiger charge is -2.31. The second-order valence-corrected chi connectivity index (χ2v) is 11.2. The van der Waals surface area contributed by atoms with E-state index in [0.29, 0.717) is 18.1 Å². The molecule has 1 aromatic rings. The first-order chi connectivity index (χ1) is 16.9. The SMILES string of the molecule is CCC1=C2[C@@H](CC/C(C)=C/c3ccc(O)cc3Cl)OC[C@@H]2[C@@H]2C(=O)N(C3CCCCC3)C(=O)[C@@H]2C1. The van der Waals surface area contributed by atoms with E-state index in [1.54, 1.807) is 17.0 Å². The first kappa shape index (κ1) is 24.6. The summed E-state index contributed by atoms with van der Waals surface area (Å²) in [6.45, 7) is 4.78. The molecule has 2 aliphatic carbocycles. The van der Waals surface area contributed by atoms with Crippen LogP contribution in [0.4, 0.5) is 0 Å². The molecule has 188 valence electrons. The Labute approximate surface area is 213 Å². The summed E-state index contributed by atoms with van der Waals surface area (Å²) in [5.74, 6) is -0.112. The number of allylic oxidation sites excluding steroid dienone is 2. The molecule has 0 aromatic heterocycles. The van der Waals surface area contributed by atoms with Crippen molar-refractivity contribution in [2.75, 3.05) is 6.61 Å². The number of imide groups is 1. The van der Waals surface area contributed by atoms with Gasteiger partial charge in [-0.2, -0.15) is 0 Å². The number of nitrogens with zero attached hydrogens (tertiary/aromatic N) is 1. The average molecular weight is 498 g/mol. The van der Waals surface area contributed by atoms with Gasteiger partial charge in [-0.05, 0) is 74.8 Å². The number of ether oxygens (including phenoxy) is 1. The van der Waals surface area contributed by atoms with Gasteiger partial charge in [-0.3, -0.25) is 14.5 Å². The zero-order valence-electron chi connectivity index (χ0n) is 20.8. The minimum atomic E-state index is -0.243. The van der Waals surface area contributed by atoms with Crippen molar-refractivity contribution in [2.24, 2.45) is 17.8 Å². The van der Waals surface area contributed by atoms with Crippen LogP contribution in [0.3, 0.4) is 0 Å². The third-order valence-electron chi connectivity index (χ3n) is 8.60. The number of fused-ring (bicyclic) bond motifs is 3. The number of hydrogen-bond donors (Lipinski definition) is 1. The molecule has 35 heavy (non-hydrogen) atoms.